The highest BCUT2D eigenvalue weighted by molar-refractivity contribution is 7.21. The highest BCUT2D eigenvalue weighted by atomic mass is 35.5. The van der Waals surface area contributed by atoms with E-state index in [1.54, 1.807) is 12.1 Å². The minimum atomic E-state index is -0.377. The summed E-state index contributed by atoms with van der Waals surface area (Å²) in [6.07, 6.45) is 1.44. The molecule has 0 saturated heterocycles. The third-order valence-corrected chi connectivity index (χ3v) is 5.08. The Kier molecular flexibility index (Phi) is 5.21. The van der Waals surface area contributed by atoms with Gasteiger partial charge in [0.1, 0.15) is 4.88 Å². The molecule has 0 fully saturated rings. The lowest BCUT2D eigenvalue weighted by Crippen LogP contribution is -2.16. The number of thiophene rings is 1. The van der Waals surface area contributed by atoms with Crippen LogP contribution in [0.15, 0.2) is 47.6 Å². The average Bonchev–Trinajstić information content (AvgIpc) is 2.95. The number of carbonyl (C=O) groups excluding carboxylic acids is 1. The van der Waals surface area contributed by atoms with E-state index in [-0.39, 0.29) is 11.7 Å². The number of nitrogens with zero attached hydrogens (tertiary/aromatic N) is 1. The fraction of sp³-hybridized carbons (Fsp3) is 0.111. The van der Waals surface area contributed by atoms with Crippen LogP contribution in [0.4, 0.5) is 0 Å². The number of hydrogen-bond donors (Lipinski definition) is 2. The van der Waals surface area contributed by atoms with Gasteiger partial charge in [-0.3, -0.25) is 4.79 Å². The summed E-state index contributed by atoms with van der Waals surface area (Å²) in [6, 6.07) is 12.4. The Morgan fingerprint density at radius 2 is 2.16 bits per heavy atom. The maximum absolute atomic E-state index is 12.3. The molecule has 1 amide bonds. The number of ether oxygens (including phenoxy) is 1. The standard InChI is InChI=1S/C18H15ClN2O3S/c1-2-24-14-8-7-11(9-13(14)22)10-20-21-18(23)17-16(19)12-5-3-4-6-15(12)25-17/h3-10,22H,2H2,1H3,(H,21,23)/b20-10+. The fourth-order valence-corrected chi connectivity index (χ4v) is 3.68. The Labute approximate surface area is 153 Å². The van der Waals surface area contributed by atoms with Crippen LogP contribution in [-0.2, 0) is 0 Å². The maximum Gasteiger partial charge on any atom is 0.283 e. The van der Waals surface area contributed by atoms with Crippen LogP contribution in [0, 0.1) is 0 Å². The molecule has 0 saturated carbocycles. The summed E-state index contributed by atoms with van der Waals surface area (Å²) < 4.78 is 6.20. The van der Waals surface area contributed by atoms with Crippen molar-refractivity contribution in [3.63, 3.8) is 0 Å². The van der Waals surface area contributed by atoms with Crippen LogP contribution in [0.2, 0.25) is 5.02 Å². The van der Waals surface area contributed by atoms with E-state index >= 15 is 0 Å². The Morgan fingerprint density at radius 3 is 2.88 bits per heavy atom. The molecule has 128 valence electrons. The van der Waals surface area contributed by atoms with Gasteiger partial charge in [0.25, 0.3) is 5.91 Å². The number of benzene rings is 2. The largest absolute Gasteiger partial charge is 0.504 e. The van der Waals surface area contributed by atoms with Crippen molar-refractivity contribution in [2.24, 2.45) is 5.10 Å². The van der Waals surface area contributed by atoms with Crippen LogP contribution in [0.25, 0.3) is 10.1 Å². The van der Waals surface area contributed by atoms with Gasteiger partial charge in [-0.2, -0.15) is 5.10 Å². The first kappa shape index (κ1) is 17.3. The molecule has 0 radical (unpaired) electrons. The first-order valence-electron chi connectivity index (χ1n) is 7.56. The predicted octanol–water partition coefficient (Wildman–Crippen LogP) is 4.42. The number of hydrazone groups is 1. The summed E-state index contributed by atoms with van der Waals surface area (Å²) in [4.78, 5) is 12.7. The highest BCUT2D eigenvalue weighted by Gasteiger charge is 2.16. The van der Waals surface area contributed by atoms with Gasteiger partial charge in [0, 0.05) is 10.1 Å². The smallest absolute Gasteiger partial charge is 0.283 e. The monoisotopic (exact) mass is 374 g/mol. The van der Waals surface area contributed by atoms with E-state index in [0.717, 1.165) is 10.1 Å². The number of fused-ring (bicyclic) bond motifs is 1. The summed E-state index contributed by atoms with van der Waals surface area (Å²) in [5.74, 6) is 0.0445. The fourth-order valence-electron chi connectivity index (χ4n) is 2.27. The number of halogens is 1. The zero-order valence-corrected chi connectivity index (χ0v) is 14.9. The van der Waals surface area contributed by atoms with Gasteiger partial charge >= 0.3 is 0 Å². The van der Waals surface area contributed by atoms with Crippen molar-refractivity contribution in [1.29, 1.82) is 0 Å². The van der Waals surface area contributed by atoms with Gasteiger partial charge in [-0.05, 0) is 36.8 Å². The molecule has 7 heteroatoms. The van der Waals surface area contributed by atoms with Gasteiger partial charge < -0.3 is 9.84 Å². The van der Waals surface area contributed by atoms with E-state index in [9.17, 15) is 9.90 Å². The van der Waals surface area contributed by atoms with Gasteiger partial charge in [0.15, 0.2) is 11.5 Å². The molecule has 3 aromatic rings. The van der Waals surface area contributed by atoms with Crippen molar-refractivity contribution in [2.45, 2.75) is 6.92 Å². The van der Waals surface area contributed by atoms with Crippen LogP contribution >= 0.6 is 22.9 Å². The molecule has 3 rings (SSSR count). The number of hydrogen-bond acceptors (Lipinski definition) is 5. The number of carbonyl (C=O) groups is 1. The van der Waals surface area contributed by atoms with Crippen LogP contribution in [0.5, 0.6) is 11.5 Å². The number of amides is 1. The molecule has 1 heterocycles. The minimum Gasteiger partial charge on any atom is -0.504 e. The molecular formula is C18H15ClN2O3S. The zero-order valence-electron chi connectivity index (χ0n) is 13.3. The third kappa shape index (κ3) is 3.75. The number of phenols is 1. The Morgan fingerprint density at radius 1 is 1.36 bits per heavy atom. The minimum absolute atomic E-state index is 0.0182. The van der Waals surface area contributed by atoms with E-state index in [0.29, 0.717) is 27.8 Å². The van der Waals surface area contributed by atoms with Gasteiger partial charge in [0.05, 0.1) is 17.8 Å². The molecule has 1 aromatic heterocycles. The van der Waals surface area contributed by atoms with E-state index < -0.39 is 0 Å². The van der Waals surface area contributed by atoms with Crippen molar-refractivity contribution in [2.75, 3.05) is 6.61 Å². The van der Waals surface area contributed by atoms with Gasteiger partial charge in [-0.25, -0.2) is 5.43 Å². The average molecular weight is 375 g/mol. The van der Waals surface area contributed by atoms with E-state index in [2.05, 4.69) is 10.5 Å². The summed E-state index contributed by atoms with van der Waals surface area (Å²) in [6.45, 7) is 2.30. The van der Waals surface area contributed by atoms with E-state index in [4.69, 9.17) is 16.3 Å². The molecule has 0 aliphatic rings. The lowest BCUT2D eigenvalue weighted by molar-refractivity contribution is 0.0959. The first-order chi connectivity index (χ1) is 12.1. The molecule has 25 heavy (non-hydrogen) atoms. The molecule has 0 bridgehead atoms. The summed E-state index contributed by atoms with van der Waals surface area (Å²) >= 11 is 7.58. The Bertz CT molecular complexity index is 953. The Hall–Kier alpha value is -2.57. The second-order valence-corrected chi connectivity index (χ2v) is 6.53. The predicted molar refractivity (Wildman–Crippen MR) is 101 cm³/mol. The second-order valence-electron chi connectivity index (χ2n) is 5.10. The Balaban J connectivity index is 1.72. The normalized spacial score (nSPS) is 11.1. The van der Waals surface area contributed by atoms with Crippen LogP contribution < -0.4 is 10.2 Å². The highest BCUT2D eigenvalue weighted by Crippen LogP contribution is 2.35. The maximum atomic E-state index is 12.3. The second kappa shape index (κ2) is 7.55. The summed E-state index contributed by atoms with van der Waals surface area (Å²) in [5, 5.41) is 15.0. The third-order valence-electron chi connectivity index (χ3n) is 3.40. The van der Waals surface area contributed by atoms with Gasteiger partial charge in [-0.1, -0.05) is 29.8 Å². The molecule has 2 N–H and O–H groups in total. The van der Waals surface area contributed by atoms with Crippen molar-refractivity contribution in [1.82, 2.24) is 5.43 Å². The molecular weight excluding hydrogens is 360 g/mol. The molecule has 5 nitrogen and oxygen atoms in total. The van der Waals surface area contributed by atoms with Crippen molar-refractivity contribution in [3.8, 4) is 11.5 Å². The van der Waals surface area contributed by atoms with E-state index in [1.165, 1.54) is 23.6 Å². The number of aromatic hydroxyl groups is 1. The molecule has 0 aliphatic heterocycles. The van der Waals surface area contributed by atoms with Gasteiger partial charge in [0.2, 0.25) is 0 Å². The van der Waals surface area contributed by atoms with Crippen LogP contribution in [0.1, 0.15) is 22.2 Å². The quantitative estimate of drug-likeness (QED) is 0.513. The molecule has 0 atom stereocenters. The number of rotatable bonds is 5. The lowest BCUT2D eigenvalue weighted by atomic mass is 10.2. The zero-order chi connectivity index (χ0) is 17.8. The molecule has 0 aliphatic carbocycles. The summed E-state index contributed by atoms with van der Waals surface area (Å²) in [5.41, 5.74) is 3.08. The molecule has 2 aromatic carbocycles. The first-order valence-corrected chi connectivity index (χ1v) is 8.76. The number of phenolic OH excluding ortho intramolecular Hbond substituents is 1. The topological polar surface area (TPSA) is 70.9 Å². The molecule has 0 unspecified atom stereocenters. The van der Waals surface area contributed by atoms with E-state index in [1.807, 2.05) is 31.2 Å². The molecule has 0 spiro atoms. The summed E-state index contributed by atoms with van der Waals surface area (Å²) in [7, 11) is 0. The van der Waals surface area contributed by atoms with Crippen LogP contribution in [-0.4, -0.2) is 23.8 Å². The van der Waals surface area contributed by atoms with Crippen LogP contribution in [0.3, 0.4) is 0 Å². The van der Waals surface area contributed by atoms with Gasteiger partial charge in [-0.15, -0.1) is 11.3 Å². The van der Waals surface area contributed by atoms with Crippen molar-refractivity contribution >= 4 is 45.1 Å². The lowest BCUT2D eigenvalue weighted by Gasteiger charge is -2.05. The van der Waals surface area contributed by atoms with Crippen molar-refractivity contribution in [3.05, 3.63) is 57.9 Å². The SMILES string of the molecule is CCOc1ccc(/C=N/NC(=O)c2sc3ccccc3c2Cl)cc1O. The van der Waals surface area contributed by atoms with Crippen molar-refractivity contribution < 1.29 is 14.6 Å². The number of nitrogens with one attached hydrogen (secondary N) is 1.